The van der Waals surface area contributed by atoms with Crippen LogP contribution in [-0.4, -0.2) is 21.5 Å². The Bertz CT molecular complexity index is 396. The molecular weight excluding hydrogens is 273 g/mol. The average molecular weight is 290 g/mol. The third-order valence-corrected chi connectivity index (χ3v) is 4.22. The number of halogens is 2. The van der Waals surface area contributed by atoms with Gasteiger partial charge < -0.3 is 5.73 Å². The second kappa shape index (κ2) is 4.11. The van der Waals surface area contributed by atoms with Crippen LogP contribution in [0.5, 0.6) is 0 Å². The highest BCUT2D eigenvalue weighted by Crippen LogP contribution is 2.39. The molecule has 0 aliphatic heterocycles. The van der Waals surface area contributed by atoms with Gasteiger partial charge in [0.1, 0.15) is 5.67 Å². The highest BCUT2D eigenvalue weighted by atomic mass is 79.9. The van der Waals surface area contributed by atoms with Gasteiger partial charge in [0.05, 0.1) is 15.9 Å². The van der Waals surface area contributed by atoms with Gasteiger partial charge in [-0.05, 0) is 42.6 Å². The lowest BCUT2D eigenvalue weighted by Gasteiger charge is -2.39. The smallest absolute Gasteiger partial charge is 0.119 e. The zero-order valence-corrected chi connectivity index (χ0v) is 11.2. The van der Waals surface area contributed by atoms with Gasteiger partial charge in [-0.1, -0.05) is 0 Å². The second-order valence-corrected chi connectivity index (χ2v) is 5.45. The predicted octanol–water partition coefficient (Wildman–Crippen LogP) is 2.35. The molecule has 0 saturated heterocycles. The van der Waals surface area contributed by atoms with Crippen molar-refractivity contribution in [2.24, 2.45) is 5.73 Å². The van der Waals surface area contributed by atoms with E-state index >= 15 is 0 Å². The minimum atomic E-state index is -1.12. The molecule has 0 unspecified atom stereocenters. The number of aryl methyl sites for hydroxylation is 2. The van der Waals surface area contributed by atoms with Crippen LogP contribution in [-0.2, 0) is 13.0 Å². The zero-order valence-electron chi connectivity index (χ0n) is 9.63. The first kappa shape index (κ1) is 12.0. The maximum atomic E-state index is 14.2. The molecule has 16 heavy (non-hydrogen) atoms. The van der Waals surface area contributed by atoms with Crippen LogP contribution in [0.1, 0.15) is 31.2 Å². The number of hydrogen-bond donors (Lipinski definition) is 1. The number of hydrogen-bond acceptors (Lipinski definition) is 2. The number of aromatic nitrogens is 2. The van der Waals surface area contributed by atoms with Crippen LogP contribution in [0.4, 0.5) is 4.39 Å². The van der Waals surface area contributed by atoms with E-state index in [1.807, 2.05) is 18.5 Å². The molecule has 2 N–H and O–H groups in total. The van der Waals surface area contributed by atoms with Crippen molar-refractivity contribution in [1.29, 1.82) is 0 Å². The van der Waals surface area contributed by atoms with Gasteiger partial charge in [0, 0.05) is 19.0 Å². The molecule has 0 aromatic carbocycles. The summed E-state index contributed by atoms with van der Waals surface area (Å²) in [7, 11) is 0. The summed E-state index contributed by atoms with van der Waals surface area (Å²) in [5, 5.41) is 4.36. The lowest BCUT2D eigenvalue weighted by Crippen LogP contribution is -2.50. The fraction of sp³-hybridized carbons (Fsp3) is 0.727. The lowest BCUT2D eigenvalue weighted by molar-refractivity contribution is 0.0422. The van der Waals surface area contributed by atoms with Gasteiger partial charge in [-0.3, -0.25) is 4.68 Å². The highest BCUT2D eigenvalue weighted by Gasteiger charge is 2.44. The first-order chi connectivity index (χ1) is 7.45. The summed E-state index contributed by atoms with van der Waals surface area (Å²) in [6, 6.07) is 0.0304. The molecule has 5 heteroatoms. The van der Waals surface area contributed by atoms with Crippen LogP contribution in [0.25, 0.3) is 0 Å². The van der Waals surface area contributed by atoms with E-state index in [0.29, 0.717) is 19.3 Å². The molecule has 90 valence electrons. The molecule has 0 amide bonds. The zero-order chi connectivity index (χ0) is 11.9. The minimum absolute atomic E-state index is 0.0304. The standard InChI is InChI=1S/C11H17BrFN3/c1-3-16-9(10(12)7(2)15-16)6-11(13)4-8(14)5-11/h8H,3-6,14H2,1-2H3. The van der Waals surface area contributed by atoms with E-state index in [2.05, 4.69) is 21.0 Å². The van der Waals surface area contributed by atoms with Crippen LogP contribution in [0.3, 0.4) is 0 Å². The van der Waals surface area contributed by atoms with Crippen molar-refractivity contribution in [2.45, 2.75) is 51.4 Å². The molecule has 0 atom stereocenters. The molecule has 0 spiro atoms. The summed E-state index contributed by atoms with van der Waals surface area (Å²) in [6.07, 6.45) is 1.34. The van der Waals surface area contributed by atoms with Crippen molar-refractivity contribution in [2.75, 3.05) is 0 Å². The largest absolute Gasteiger partial charge is 0.327 e. The SMILES string of the molecule is CCn1nc(C)c(Br)c1CC1(F)CC(N)C1. The van der Waals surface area contributed by atoms with Crippen LogP contribution in [0.2, 0.25) is 0 Å². The predicted molar refractivity (Wildman–Crippen MR) is 65.1 cm³/mol. The summed E-state index contributed by atoms with van der Waals surface area (Å²) >= 11 is 3.48. The van der Waals surface area contributed by atoms with E-state index in [0.717, 1.165) is 22.4 Å². The summed E-state index contributed by atoms with van der Waals surface area (Å²) in [4.78, 5) is 0. The molecule has 1 aliphatic rings. The van der Waals surface area contributed by atoms with Gasteiger partial charge in [0.25, 0.3) is 0 Å². The lowest BCUT2D eigenvalue weighted by atomic mass is 9.75. The maximum Gasteiger partial charge on any atom is 0.119 e. The monoisotopic (exact) mass is 289 g/mol. The van der Waals surface area contributed by atoms with Gasteiger partial charge in [-0.2, -0.15) is 5.10 Å². The number of nitrogens with zero attached hydrogens (tertiary/aromatic N) is 2. The first-order valence-electron chi connectivity index (χ1n) is 5.61. The van der Waals surface area contributed by atoms with Gasteiger partial charge in [0.15, 0.2) is 0 Å². The molecular formula is C11H17BrFN3. The van der Waals surface area contributed by atoms with Crippen LogP contribution >= 0.6 is 15.9 Å². The molecule has 1 aromatic rings. The first-order valence-corrected chi connectivity index (χ1v) is 6.41. The Morgan fingerprint density at radius 1 is 1.62 bits per heavy atom. The number of rotatable bonds is 3. The van der Waals surface area contributed by atoms with E-state index in [1.54, 1.807) is 0 Å². The van der Waals surface area contributed by atoms with E-state index < -0.39 is 5.67 Å². The van der Waals surface area contributed by atoms with Gasteiger partial charge >= 0.3 is 0 Å². The van der Waals surface area contributed by atoms with E-state index in [1.165, 1.54) is 0 Å². The maximum absolute atomic E-state index is 14.2. The molecule has 1 aromatic heterocycles. The van der Waals surface area contributed by atoms with Crippen molar-refractivity contribution in [1.82, 2.24) is 9.78 Å². The summed E-state index contributed by atoms with van der Waals surface area (Å²) in [5.41, 5.74) is 6.40. The highest BCUT2D eigenvalue weighted by molar-refractivity contribution is 9.10. The normalized spacial score (nSPS) is 29.2. The molecule has 1 fully saturated rings. The third kappa shape index (κ3) is 2.02. The Kier molecular flexibility index (Phi) is 3.09. The van der Waals surface area contributed by atoms with Gasteiger partial charge in [0.2, 0.25) is 0 Å². The van der Waals surface area contributed by atoms with Crippen molar-refractivity contribution in [3.63, 3.8) is 0 Å². The van der Waals surface area contributed by atoms with Crippen molar-refractivity contribution >= 4 is 15.9 Å². The minimum Gasteiger partial charge on any atom is -0.327 e. The molecule has 0 bridgehead atoms. The van der Waals surface area contributed by atoms with E-state index in [9.17, 15) is 4.39 Å². The summed E-state index contributed by atoms with van der Waals surface area (Å²) < 4.78 is 17.0. The van der Waals surface area contributed by atoms with Crippen LogP contribution in [0, 0.1) is 6.92 Å². The quantitative estimate of drug-likeness (QED) is 0.928. The Morgan fingerprint density at radius 3 is 2.75 bits per heavy atom. The molecule has 1 aliphatic carbocycles. The second-order valence-electron chi connectivity index (χ2n) is 4.66. The van der Waals surface area contributed by atoms with Gasteiger partial charge in [-0.15, -0.1) is 0 Å². The van der Waals surface area contributed by atoms with Crippen molar-refractivity contribution in [3.8, 4) is 0 Å². The molecule has 1 heterocycles. The van der Waals surface area contributed by atoms with E-state index in [4.69, 9.17) is 5.73 Å². The van der Waals surface area contributed by atoms with Gasteiger partial charge in [-0.25, -0.2) is 4.39 Å². The topological polar surface area (TPSA) is 43.8 Å². The number of alkyl halides is 1. The fourth-order valence-electron chi connectivity index (χ4n) is 2.36. The van der Waals surface area contributed by atoms with Crippen LogP contribution in [0.15, 0.2) is 4.47 Å². The van der Waals surface area contributed by atoms with Crippen LogP contribution < -0.4 is 5.73 Å². The van der Waals surface area contributed by atoms with E-state index in [-0.39, 0.29) is 6.04 Å². The summed E-state index contributed by atoms with van der Waals surface area (Å²) in [6.45, 7) is 4.71. The Balaban J connectivity index is 2.21. The third-order valence-electron chi connectivity index (χ3n) is 3.19. The molecule has 0 radical (unpaired) electrons. The summed E-state index contributed by atoms with van der Waals surface area (Å²) in [5.74, 6) is 0. The average Bonchev–Trinajstić information content (AvgIpc) is 2.43. The molecule has 1 saturated carbocycles. The Hall–Kier alpha value is -0.420. The fourth-order valence-corrected chi connectivity index (χ4v) is 2.79. The number of nitrogens with two attached hydrogens (primary N) is 1. The molecule has 2 rings (SSSR count). The Labute approximate surface area is 103 Å². The van der Waals surface area contributed by atoms with Crippen molar-refractivity contribution < 1.29 is 4.39 Å². The Morgan fingerprint density at radius 2 is 2.25 bits per heavy atom. The molecule has 3 nitrogen and oxygen atoms in total. The van der Waals surface area contributed by atoms with Crippen molar-refractivity contribution in [3.05, 3.63) is 15.9 Å².